The highest BCUT2D eigenvalue weighted by Crippen LogP contribution is 2.51. The van der Waals surface area contributed by atoms with Crippen molar-refractivity contribution >= 4 is 0 Å². The van der Waals surface area contributed by atoms with Crippen LogP contribution in [-0.2, 0) is 4.74 Å². The predicted octanol–water partition coefficient (Wildman–Crippen LogP) is 2.05. The van der Waals surface area contributed by atoms with E-state index in [2.05, 4.69) is 33.0 Å². The van der Waals surface area contributed by atoms with E-state index in [-0.39, 0.29) is 0 Å². The molecule has 0 heterocycles. The van der Waals surface area contributed by atoms with Gasteiger partial charge in [-0.1, -0.05) is 13.8 Å². The summed E-state index contributed by atoms with van der Waals surface area (Å²) in [6.45, 7) is 10.1. The second kappa shape index (κ2) is 3.97. The molecule has 1 fully saturated rings. The molecule has 2 nitrogen and oxygen atoms in total. The average Bonchev–Trinajstić information content (AvgIpc) is 2.68. The highest BCUT2D eigenvalue weighted by molar-refractivity contribution is 4.96. The molecule has 1 saturated carbocycles. The van der Waals surface area contributed by atoms with Crippen molar-refractivity contribution in [2.45, 2.75) is 46.3 Å². The molecule has 1 rings (SSSR count). The second-order valence-corrected chi connectivity index (χ2v) is 5.03. The number of nitrogens with one attached hydrogen (secondary N) is 1. The SMILES string of the molecule is COC(C)C(C)NCC1CC1(C)C. The number of ether oxygens (including phenoxy) is 1. The third-order valence-corrected chi connectivity index (χ3v) is 3.48. The highest BCUT2D eigenvalue weighted by atomic mass is 16.5. The van der Waals surface area contributed by atoms with Crippen LogP contribution in [0.15, 0.2) is 0 Å². The fourth-order valence-electron chi connectivity index (χ4n) is 1.62. The first kappa shape index (κ1) is 11.0. The van der Waals surface area contributed by atoms with Gasteiger partial charge in [-0.15, -0.1) is 0 Å². The van der Waals surface area contributed by atoms with Gasteiger partial charge in [0.2, 0.25) is 0 Å². The fourth-order valence-corrected chi connectivity index (χ4v) is 1.62. The van der Waals surface area contributed by atoms with Gasteiger partial charge in [0.25, 0.3) is 0 Å². The minimum Gasteiger partial charge on any atom is -0.380 e. The third-order valence-electron chi connectivity index (χ3n) is 3.48. The van der Waals surface area contributed by atoms with Crippen molar-refractivity contribution in [1.29, 1.82) is 0 Å². The summed E-state index contributed by atoms with van der Waals surface area (Å²) in [6, 6.07) is 0.460. The quantitative estimate of drug-likeness (QED) is 0.708. The van der Waals surface area contributed by atoms with Crippen LogP contribution in [0.2, 0.25) is 0 Å². The van der Waals surface area contributed by atoms with Gasteiger partial charge in [-0.25, -0.2) is 0 Å². The number of hydrogen-bond donors (Lipinski definition) is 1. The van der Waals surface area contributed by atoms with E-state index in [4.69, 9.17) is 4.74 Å². The largest absolute Gasteiger partial charge is 0.380 e. The van der Waals surface area contributed by atoms with Crippen LogP contribution in [0.5, 0.6) is 0 Å². The minimum atomic E-state index is 0.307. The molecule has 0 bridgehead atoms. The molecule has 0 aromatic carbocycles. The van der Waals surface area contributed by atoms with Crippen molar-refractivity contribution in [3.05, 3.63) is 0 Å². The monoisotopic (exact) mass is 185 g/mol. The molecule has 3 atom stereocenters. The molecule has 2 heteroatoms. The molecule has 0 aromatic rings. The van der Waals surface area contributed by atoms with E-state index >= 15 is 0 Å². The summed E-state index contributed by atoms with van der Waals surface area (Å²) in [5.41, 5.74) is 0.586. The topological polar surface area (TPSA) is 21.3 Å². The lowest BCUT2D eigenvalue weighted by Crippen LogP contribution is -2.38. The zero-order valence-electron chi connectivity index (χ0n) is 9.55. The van der Waals surface area contributed by atoms with Crippen LogP contribution in [0.25, 0.3) is 0 Å². The number of methoxy groups -OCH3 is 1. The fraction of sp³-hybridized carbons (Fsp3) is 1.00. The van der Waals surface area contributed by atoms with E-state index < -0.39 is 0 Å². The molecule has 0 spiro atoms. The van der Waals surface area contributed by atoms with Gasteiger partial charge in [-0.05, 0) is 38.1 Å². The normalized spacial score (nSPS) is 29.8. The van der Waals surface area contributed by atoms with Crippen molar-refractivity contribution < 1.29 is 4.74 Å². The summed E-state index contributed by atoms with van der Waals surface area (Å²) in [6.07, 6.45) is 1.68. The van der Waals surface area contributed by atoms with Gasteiger partial charge in [-0.3, -0.25) is 0 Å². The Kier molecular flexibility index (Phi) is 3.36. The molecule has 1 aliphatic rings. The standard InChI is InChI=1S/C11H23NO/c1-8(9(2)13-5)12-7-10-6-11(10,3)4/h8-10,12H,6-7H2,1-5H3. The predicted molar refractivity (Wildman–Crippen MR) is 55.8 cm³/mol. The van der Waals surface area contributed by atoms with Crippen LogP contribution >= 0.6 is 0 Å². The van der Waals surface area contributed by atoms with Gasteiger partial charge >= 0.3 is 0 Å². The third kappa shape index (κ3) is 2.96. The average molecular weight is 185 g/mol. The second-order valence-electron chi connectivity index (χ2n) is 5.03. The van der Waals surface area contributed by atoms with Crippen LogP contribution in [0.4, 0.5) is 0 Å². The van der Waals surface area contributed by atoms with E-state index in [1.165, 1.54) is 6.42 Å². The Bertz CT molecular complexity index is 167. The lowest BCUT2D eigenvalue weighted by Gasteiger charge is -2.20. The molecule has 13 heavy (non-hydrogen) atoms. The van der Waals surface area contributed by atoms with Crippen LogP contribution in [0.1, 0.15) is 34.1 Å². The van der Waals surface area contributed by atoms with Gasteiger partial charge in [0.1, 0.15) is 0 Å². The summed E-state index contributed by atoms with van der Waals surface area (Å²) < 4.78 is 5.25. The molecule has 1 aliphatic carbocycles. The zero-order valence-corrected chi connectivity index (χ0v) is 9.55. The highest BCUT2D eigenvalue weighted by Gasteiger charge is 2.44. The van der Waals surface area contributed by atoms with Gasteiger partial charge in [0.05, 0.1) is 6.10 Å². The van der Waals surface area contributed by atoms with Crippen molar-refractivity contribution in [3.8, 4) is 0 Å². The van der Waals surface area contributed by atoms with E-state index in [1.807, 2.05) is 0 Å². The molecule has 0 saturated heterocycles. The number of rotatable bonds is 5. The Hall–Kier alpha value is -0.0800. The molecule has 78 valence electrons. The first-order valence-corrected chi connectivity index (χ1v) is 5.23. The van der Waals surface area contributed by atoms with Gasteiger partial charge in [0, 0.05) is 13.2 Å². The van der Waals surface area contributed by atoms with Gasteiger partial charge in [-0.2, -0.15) is 0 Å². The first-order valence-electron chi connectivity index (χ1n) is 5.23. The summed E-state index contributed by atoms with van der Waals surface area (Å²) in [5.74, 6) is 0.874. The van der Waals surface area contributed by atoms with E-state index in [1.54, 1.807) is 7.11 Å². The Labute approximate surface area is 82.0 Å². The number of hydrogen-bond acceptors (Lipinski definition) is 2. The molecule has 3 unspecified atom stereocenters. The lowest BCUT2D eigenvalue weighted by molar-refractivity contribution is 0.0881. The summed E-state index contributed by atoms with van der Waals surface area (Å²) in [5, 5.41) is 3.53. The maximum atomic E-state index is 5.25. The summed E-state index contributed by atoms with van der Waals surface area (Å²) >= 11 is 0. The van der Waals surface area contributed by atoms with E-state index in [0.717, 1.165) is 12.5 Å². The molecule has 0 aliphatic heterocycles. The molecule has 0 aromatic heterocycles. The molecular weight excluding hydrogens is 162 g/mol. The Balaban J connectivity index is 2.13. The Morgan fingerprint density at radius 2 is 2.00 bits per heavy atom. The zero-order chi connectivity index (χ0) is 10.1. The van der Waals surface area contributed by atoms with Crippen LogP contribution in [0, 0.1) is 11.3 Å². The maximum absolute atomic E-state index is 5.25. The van der Waals surface area contributed by atoms with Crippen molar-refractivity contribution in [1.82, 2.24) is 5.32 Å². The minimum absolute atomic E-state index is 0.307. The van der Waals surface area contributed by atoms with Crippen LogP contribution in [0.3, 0.4) is 0 Å². The van der Waals surface area contributed by atoms with Crippen molar-refractivity contribution in [3.63, 3.8) is 0 Å². The van der Waals surface area contributed by atoms with Crippen LogP contribution in [-0.4, -0.2) is 25.8 Å². The molecular formula is C11H23NO. The van der Waals surface area contributed by atoms with Crippen molar-refractivity contribution in [2.24, 2.45) is 11.3 Å². The smallest absolute Gasteiger partial charge is 0.0693 e. The molecule has 1 N–H and O–H groups in total. The Morgan fingerprint density at radius 1 is 1.46 bits per heavy atom. The Morgan fingerprint density at radius 3 is 2.38 bits per heavy atom. The molecule has 0 amide bonds. The summed E-state index contributed by atoms with van der Waals surface area (Å²) in [7, 11) is 1.77. The van der Waals surface area contributed by atoms with Gasteiger partial charge in [0.15, 0.2) is 0 Å². The van der Waals surface area contributed by atoms with Crippen LogP contribution < -0.4 is 5.32 Å². The maximum Gasteiger partial charge on any atom is 0.0693 e. The van der Waals surface area contributed by atoms with E-state index in [9.17, 15) is 0 Å². The lowest BCUT2D eigenvalue weighted by atomic mass is 10.1. The van der Waals surface area contributed by atoms with Crippen molar-refractivity contribution in [2.75, 3.05) is 13.7 Å². The molecule has 0 radical (unpaired) electrons. The first-order chi connectivity index (χ1) is 5.97. The van der Waals surface area contributed by atoms with Gasteiger partial charge < -0.3 is 10.1 Å². The summed E-state index contributed by atoms with van der Waals surface area (Å²) in [4.78, 5) is 0. The van der Waals surface area contributed by atoms with E-state index in [0.29, 0.717) is 17.6 Å².